The van der Waals surface area contributed by atoms with Gasteiger partial charge in [0.1, 0.15) is 0 Å². The van der Waals surface area contributed by atoms with Gasteiger partial charge in [0.25, 0.3) is 0 Å². The molecule has 2 aromatic rings. The summed E-state index contributed by atoms with van der Waals surface area (Å²) in [5.74, 6) is 0. The van der Waals surface area contributed by atoms with Gasteiger partial charge in [0.05, 0.1) is 30.8 Å². The van der Waals surface area contributed by atoms with E-state index in [4.69, 9.17) is 9.47 Å². The summed E-state index contributed by atoms with van der Waals surface area (Å²) in [7, 11) is 0. The van der Waals surface area contributed by atoms with Crippen LogP contribution in [0.4, 0.5) is 0 Å². The Morgan fingerprint density at radius 2 is 1.84 bits per heavy atom. The number of hydrogen-bond donors (Lipinski definition) is 0. The SMILES string of the molecule is Brc1ccc(C(Br)C2COCCO2)c2ccccc12. The Kier molecular flexibility index (Phi) is 4.22. The Morgan fingerprint density at radius 3 is 2.58 bits per heavy atom. The molecule has 1 heterocycles. The summed E-state index contributed by atoms with van der Waals surface area (Å²) >= 11 is 7.38. The Hall–Kier alpha value is -0.420. The van der Waals surface area contributed by atoms with Crippen molar-refractivity contribution in [2.24, 2.45) is 0 Å². The molecular formula is C15H14Br2O2. The zero-order valence-electron chi connectivity index (χ0n) is 10.3. The maximum absolute atomic E-state index is 5.79. The van der Waals surface area contributed by atoms with Gasteiger partial charge in [0.15, 0.2) is 0 Å². The Bertz CT molecular complexity index is 579. The number of fused-ring (bicyclic) bond motifs is 1. The van der Waals surface area contributed by atoms with Gasteiger partial charge >= 0.3 is 0 Å². The van der Waals surface area contributed by atoms with Crippen LogP contribution in [0.2, 0.25) is 0 Å². The van der Waals surface area contributed by atoms with E-state index in [1.54, 1.807) is 0 Å². The van der Waals surface area contributed by atoms with Gasteiger partial charge in [-0.1, -0.05) is 62.2 Å². The number of rotatable bonds is 2. The van der Waals surface area contributed by atoms with E-state index in [1.807, 2.05) is 0 Å². The van der Waals surface area contributed by atoms with Crippen LogP contribution in [0, 0.1) is 0 Å². The monoisotopic (exact) mass is 384 g/mol. The first-order valence-corrected chi connectivity index (χ1v) is 7.99. The molecule has 0 saturated carbocycles. The molecule has 2 aromatic carbocycles. The average molecular weight is 386 g/mol. The van der Waals surface area contributed by atoms with Crippen molar-refractivity contribution in [2.45, 2.75) is 10.9 Å². The van der Waals surface area contributed by atoms with E-state index >= 15 is 0 Å². The van der Waals surface area contributed by atoms with Crippen LogP contribution >= 0.6 is 31.9 Å². The van der Waals surface area contributed by atoms with Crippen LogP contribution in [0.3, 0.4) is 0 Å². The first kappa shape index (κ1) is 13.6. The summed E-state index contributed by atoms with van der Waals surface area (Å²) in [4.78, 5) is 0.144. The van der Waals surface area contributed by atoms with Crippen molar-refractivity contribution < 1.29 is 9.47 Å². The molecule has 0 radical (unpaired) electrons. The van der Waals surface area contributed by atoms with Gasteiger partial charge in [-0.05, 0) is 22.4 Å². The van der Waals surface area contributed by atoms with Crippen molar-refractivity contribution in [1.82, 2.24) is 0 Å². The molecule has 1 saturated heterocycles. The highest BCUT2D eigenvalue weighted by molar-refractivity contribution is 9.10. The second-order valence-electron chi connectivity index (χ2n) is 4.57. The van der Waals surface area contributed by atoms with E-state index in [2.05, 4.69) is 68.3 Å². The lowest BCUT2D eigenvalue weighted by Crippen LogP contribution is -2.31. The van der Waals surface area contributed by atoms with E-state index in [1.165, 1.54) is 16.3 Å². The summed E-state index contributed by atoms with van der Waals surface area (Å²) in [6.07, 6.45) is 0.0679. The van der Waals surface area contributed by atoms with Crippen LogP contribution in [0.5, 0.6) is 0 Å². The molecule has 4 heteroatoms. The van der Waals surface area contributed by atoms with Gasteiger partial charge in [-0.15, -0.1) is 0 Å². The Labute approximate surface area is 129 Å². The van der Waals surface area contributed by atoms with Gasteiger partial charge in [0.2, 0.25) is 0 Å². The van der Waals surface area contributed by atoms with Crippen LogP contribution in [0.15, 0.2) is 40.9 Å². The van der Waals surface area contributed by atoms with E-state index in [-0.39, 0.29) is 10.9 Å². The maximum Gasteiger partial charge on any atom is 0.0975 e. The minimum absolute atomic E-state index is 0.0679. The molecule has 2 unspecified atom stereocenters. The molecule has 0 bridgehead atoms. The van der Waals surface area contributed by atoms with Crippen LogP contribution < -0.4 is 0 Å². The first-order valence-electron chi connectivity index (χ1n) is 6.28. The van der Waals surface area contributed by atoms with E-state index in [0.29, 0.717) is 19.8 Å². The molecule has 19 heavy (non-hydrogen) atoms. The smallest absolute Gasteiger partial charge is 0.0975 e. The Balaban J connectivity index is 2.02. The third-order valence-corrected chi connectivity index (χ3v) is 5.14. The highest BCUT2D eigenvalue weighted by atomic mass is 79.9. The summed E-state index contributed by atoms with van der Waals surface area (Å²) in [6, 6.07) is 12.6. The molecule has 0 aliphatic carbocycles. The van der Waals surface area contributed by atoms with Crippen molar-refractivity contribution in [1.29, 1.82) is 0 Å². The summed E-state index contributed by atoms with van der Waals surface area (Å²) in [6.45, 7) is 2.00. The minimum Gasteiger partial charge on any atom is -0.376 e. The normalized spacial score (nSPS) is 21.5. The number of ether oxygens (including phenoxy) is 2. The quantitative estimate of drug-likeness (QED) is 0.711. The summed E-state index contributed by atoms with van der Waals surface area (Å²) < 4.78 is 12.4. The molecule has 1 fully saturated rings. The lowest BCUT2D eigenvalue weighted by atomic mass is 9.99. The fourth-order valence-electron chi connectivity index (χ4n) is 2.40. The van der Waals surface area contributed by atoms with Crippen LogP contribution in [0.1, 0.15) is 10.4 Å². The van der Waals surface area contributed by atoms with E-state index < -0.39 is 0 Å². The predicted octanol–water partition coefficient (Wildman–Crippen LogP) is 4.45. The van der Waals surface area contributed by atoms with Crippen molar-refractivity contribution in [2.75, 3.05) is 19.8 Å². The molecule has 0 spiro atoms. The van der Waals surface area contributed by atoms with Gasteiger partial charge in [-0.2, -0.15) is 0 Å². The van der Waals surface area contributed by atoms with Crippen molar-refractivity contribution >= 4 is 42.6 Å². The van der Waals surface area contributed by atoms with Crippen LogP contribution in [-0.2, 0) is 9.47 Å². The van der Waals surface area contributed by atoms with Gasteiger partial charge in [-0.3, -0.25) is 0 Å². The molecule has 1 aliphatic rings. The topological polar surface area (TPSA) is 18.5 Å². The average Bonchev–Trinajstić information content (AvgIpc) is 2.48. The van der Waals surface area contributed by atoms with Gasteiger partial charge in [0, 0.05) is 4.47 Å². The highest BCUT2D eigenvalue weighted by Gasteiger charge is 2.25. The fourth-order valence-corrected chi connectivity index (χ4v) is 3.58. The van der Waals surface area contributed by atoms with Gasteiger partial charge < -0.3 is 9.47 Å². The number of halogens is 2. The molecule has 0 amide bonds. The van der Waals surface area contributed by atoms with E-state index in [0.717, 1.165) is 4.47 Å². The van der Waals surface area contributed by atoms with Crippen LogP contribution in [0.25, 0.3) is 10.8 Å². The summed E-state index contributed by atoms with van der Waals surface area (Å²) in [5, 5.41) is 2.47. The molecular weight excluding hydrogens is 372 g/mol. The second kappa shape index (κ2) is 5.92. The predicted molar refractivity (Wildman–Crippen MR) is 83.9 cm³/mol. The fraction of sp³-hybridized carbons (Fsp3) is 0.333. The molecule has 2 atom stereocenters. The zero-order valence-corrected chi connectivity index (χ0v) is 13.5. The standard InChI is InChI=1S/C15H14Br2O2/c16-13-6-5-12(10-3-1-2-4-11(10)13)15(17)14-9-18-7-8-19-14/h1-6,14-15H,7-9H2. The number of hydrogen-bond acceptors (Lipinski definition) is 2. The lowest BCUT2D eigenvalue weighted by Gasteiger charge is -2.28. The maximum atomic E-state index is 5.79. The third kappa shape index (κ3) is 2.72. The van der Waals surface area contributed by atoms with Crippen molar-refractivity contribution in [3.8, 4) is 0 Å². The zero-order chi connectivity index (χ0) is 13.2. The van der Waals surface area contributed by atoms with Gasteiger partial charge in [-0.25, -0.2) is 0 Å². The van der Waals surface area contributed by atoms with Crippen molar-refractivity contribution in [3.05, 3.63) is 46.4 Å². The second-order valence-corrected chi connectivity index (χ2v) is 6.41. The molecule has 2 nitrogen and oxygen atoms in total. The number of benzene rings is 2. The molecule has 100 valence electrons. The first-order chi connectivity index (χ1) is 9.27. The minimum atomic E-state index is 0.0679. The van der Waals surface area contributed by atoms with E-state index in [9.17, 15) is 0 Å². The lowest BCUT2D eigenvalue weighted by molar-refractivity contribution is -0.0875. The largest absolute Gasteiger partial charge is 0.376 e. The molecule has 3 rings (SSSR count). The van der Waals surface area contributed by atoms with Crippen molar-refractivity contribution in [3.63, 3.8) is 0 Å². The highest BCUT2D eigenvalue weighted by Crippen LogP contribution is 2.37. The third-order valence-electron chi connectivity index (χ3n) is 3.37. The summed E-state index contributed by atoms with van der Waals surface area (Å²) in [5.41, 5.74) is 1.24. The number of alkyl halides is 1. The molecule has 0 N–H and O–H groups in total. The molecule has 1 aliphatic heterocycles. The van der Waals surface area contributed by atoms with Crippen LogP contribution in [-0.4, -0.2) is 25.9 Å². The molecule has 0 aromatic heterocycles. The Morgan fingerprint density at radius 1 is 1.05 bits per heavy atom.